The van der Waals surface area contributed by atoms with Crippen LogP contribution in [0.5, 0.6) is 17.2 Å². The normalized spacial score (nSPS) is 15.1. The standard InChI is InChI=1S/C21H26N2O3S/c1-24-17-9-6-15(7-10-17)21(12-4-5-13-21)23-20(27)22-16-8-11-18(25-2)19(14-16)26-3/h6-11,14H,4-5,12-13H2,1-3H3,(H2,22,23,27). The SMILES string of the molecule is COc1ccc(C2(NC(=S)Nc3ccc(OC)c(OC)c3)CCCC2)cc1. The third-order valence-corrected chi connectivity index (χ3v) is 5.30. The number of hydrogen-bond acceptors (Lipinski definition) is 4. The Bertz CT molecular complexity index is 787. The maximum atomic E-state index is 5.61. The summed E-state index contributed by atoms with van der Waals surface area (Å²) in [5.41, 5.74) is 1.94. The van der Waals surface area contributed by atoms with Crippen molar-refractivity contribution in [2.75, 3.05) is 26.6 Å². The third kappa shape index (κ3) is 4.27. The van der Waals surface area contributed by atoms with Gasteiger partial charge < -0.3 is 24.8 Å². The van der Waals surface area contributed by atoms with Gasteiger partial charge in [-0.05, 0) is 54.9 Å². The molecule has 2 N–H and O–H groups in total. The average Bonchev–Trinajstić information content (AvgIpc) is 3.17. The van der Waals surface area contributed by atoms with Gasteiger partial charge in [0.05, 0.1) is 26.9 Å². The number of rotatable bonds is 6. The van der Waals surface area contributed by atoms with Gasteiger partial charge in [-0.3, -0.25) is 0 Å². The first-order valence-corrected chi connectivity index (χ1v) is 9.47. The molecule has 0 heterocycles. The van der Waals surface area contributed by atoms with E-state index >= 15 is 0 Å². The van der Waals surface area contributed by atoms with Gasteiger partial charge in [-0.25, -0.2) is 0 Å². The molecule has 144 valence electrons. The van der Waals surface area contributed by atoms with Crippen LogP contribution in [0.15, 0.2) is 42.5 Å². The number of methoxy groups -OCH3 is 3. The third-order valence-electron chi connectivity index (χ3n) is 5.09. The summed E-state index contributed by atoms with van der Waals surface area (Å²) in [6.45, 7) is 0. The molecule has 6 heteroatoms. The van der Waals surface area contributed by atoms with Crippen molar-refractivity contribution in [3.05, 3.63) is 48.0 Å². The molecule has 0 unspecified atom stereocenters. The second-order valence-corrected chi connectivity index (χ2v) is 7.07. The summed E-state index contributed by atoms with van der Waals surface area (Å²) in [6.07, 6.45) is 4.45. The molecule has 0 aromatic heterocycles. The zero-order valence-electron chi connectivity index (χ0n) is 16.0. The van der Waals surface area contributed by atoms with Crippen molar-refractivity contribution >= 4 is 23.0 Å². The van der Waals surface area contributed by atoms with Gasteiger partial charge in [0.1, 0.15) is 5.75 Å². The Morgan fingerprint density at radius 2 is 1.56 bits per heavy atom. The van der Waals surface area contributed by atoms with Crippen molar-refractivity contribution in [1.29, 1.82) is 0 Å². The van der Waals surface area contributed by atoms with Crippen molar-refractivity contribution in [3.63, 3.8) is 0 Å². The first-order valence-electron chi connectivity index (χ1n) is 9.06. The molecule has 0 amide bonds. The fourth-order valence-corrected chi connectivity index (χ4v) is 3.98. The van der Waals surface area contributed by atoms with E-state index in [9.17, 15) is 0 Å². The molecule has 0 bridgehead atoms. The summed E-state index contributed by atoms with van der Waals surface area (Å²) in [4.78, 5) is 0. The Labute approximate surface area is 166 Å². The van der Waals surface area contributed by atoms with Gasteiger partial charge in [0.15, 0.2) is 16.6 Å². The van der Waals surface area contributed by atoms with Crippen molar-refractivity contribution in [2.45, 2.75) is 31.2 Å². The zero-order valence-corrected chi connectivity index (χ0v) is 16.8. The van der Waals surface area contributed by atoms with E-state index in [-0.39, 0.29) is 5.54 Å². The molecule has 1 aliphatic carbocycles. The van der Waals surface area contributed by atoms with Gasteiger partial charge >= 0.3 is 0 Å². The van der Waals surface area contributed by atoms with E-state index in [1.165, 1.54) is 18.4 Å². The minimum atomic E-state index is -0.146. The summed E-state index contributed by atoms with van der Waals surface area (Å²) < 4.78 is 15.9. The highest BCUT2D eigenvalue weighted by Crippen LogP contribution is 2.39. The summed E-state index contributed by atoms with van der Waals surface area (Å²) in [5.74, 6) is 2.21. The molecule has 1 saturated carbocycles. The maximum Gasteiger partial charge on any atom is 0.171 e. The predicted molar refractivity (Wildman–Crippen MR) is 112 cm³/mol. The van der Waals surface area contributed by atoms with Crippen LogP contribution in [0.1, 0.15) is 31.2 Å². The number of benzene rings is 2. The first kappa shape index (κ1) is 19.3. The van der Waals surface area contributed by atoms with Gasteiger partial charge in [-0.15, -0.1) is 0 Å². The summed E-state index contributed by atoms with van der Waals surface area (Å²) in [7, 11) is 4.92. The van der Waals surface area contributed by atoms with Crippen molar-refractivity contribution in [2.24, 2.45) is 0 Å². The molecule has 27 heavy (non-hydrogen) atoms. The van der Waals surface area contributed by atoms with Gasteiger partial charge in [0.25, 0.3) is 0 Å². The Morgan fingerprint density at radius 3 is 2.15 bits per heavy atom. The van der Waals surface area contributed by atoms with Crippen molar-refractivity contribution < 1.29 is 14.2 Å². The largest absolute Gasteiger partial charge is 0.497 e. The minimum Gasteiger partial charge on any atom is -0.497 e. The van der Waals surface area contributed by atoms with E-state index in [1.54, 1.807) is 21.3 Å². The minimum absolute atomic E-state index is 0.146. The van der Waals surface area contributed by atoms with E-state index < -0.39 is 0 Å². The highest BCUT2D eigenvalue weighted by molar-refractivity contribution is 7.80. The number of hydrogen-bond donors (Lipinski definition) is 2. The Kier molecular flexibility index (Phi) is 6.06. The number of thiocarbonyl (C=S) groups is 1. The molecule has 3 rings (SSSR count). The number of nitrogens with one attached hydrogen (secondary N) is 2. The van der Waals surface area contributed by atoms with E-state index in [0.29, 0.717) is 16.6 Å². The Hall–Kier alpha value is -2.47. The summed E-state index contributed by atoms with van der Waals surface area (Å²) in [5, 5.41) is 7.44. The molecule has 5 nitrogen and oxygen atoms in total. The molecule has 1 fully saturated rings. The van der Waals surface area contributed by atoms with E-state index in [2.05, 4.69) is 22.8 Å². The van der Waals surface area contributed by atoms with Crippen LogP contribution in [-0.4, -0.2) is 26.4 Å². The zero-order chi connectivity index (χ0) is 19.3. The van der Waals surface area contributed by atoms with Crippen molar-refractivity contribution in [1.82, 2.24) is 5.32 Å². The summed E-state index contributed by atoms with van der Waals surface area (Å²) >= 11 is 5.61. The molecule has 0 spiro atoms. The molecule has 0 aliphatic heterocycles. The van der Waals surface area contributed by atoms with Crippen LogP contribution in [0.25, 0.3) is 0 Å². The molecule has 2 aromatic carbocycles. The van der Waals surface area contributed by atoms with Crippen LogP contribution < -0.4 is 24.8 Å². The van der Waals surface area contributed by atoms with Gasteiger partial charge in [0, 0.05) is 11.8 Å². The van der Waals surface area contributed by atoms with Crippen LogP contribution in [0.4, 0.5) is 5.69 Å². The molecule has 2 aromatic rings. The molecule has 0 radical (unpaired) electrons. The lowest BCUT2D eigenvalue weighted by molar-refractivity contribution is 0.355. The predicted octanol–water partition coefficient (Wildman–Crippen LogP) is 4.47. The number of ether oxygens (including phenoxy) is 3. The van der Waals surface area contributed by atoms with Gasteiger partial charge in [-0.1, -0.05) is 25.0 Å². The number of anilines is 1. The molecule has 1 aliphatic rings. The van der Waals surface area contributed by atoms with Gasteiger partial charge in [0.2, 0.25) is 0 Å². The van der Waals surface area contributed by atoms with E-state index in [0.717, 1.165) is 24.3 Å². The highest BCUT2D eigenvalue weighted by atomic mass is 32.1. The monoisotopic (exact) mass is 386 g/mol. The fraction of sp³-hybridized carbons (Fsp3) is 0.381. The second kappa shape index (κ2) is 8.48. The average molecular weight is 387 g/mol. The van der Waals surface area contributed by atoms with Crippen molar-refractivity contribution in [3.8, 4) is 17.2 Å². The van der Waals surface area contributed by atoms with E-state index in [4.69, 9.17) is 26.4 Å². The molecular weight excluding hydrogens is 360 g/mol. The molecule has 0 saturated heterocycles. The van der Waals surface area contributed by atoms with Crippen LogP contribution >= 0.6 is 12.2 Å². The van der Waals surface area contributed by atoms with E-state index in [1.807, 2.05) is 30.3 Å². The summed E-state index contributed by atoms with van der Waals surface area (Å²) in [6, 6.07) is 13.9. The second-order valence-electron chi connectivity index (χ2n) is 6.67. The lowest BCUT2D eigenvalue weighted by Gasteiger charge is -2.32. The highest BCUT2D eigenvalue weighted by Gasteiger charge is 2.36. The molecular formula is C21H26N2O3S. The van der Waals surface area contributed by atoms with Crippen LogP contribution in [0.3, 0.4) is 0 Å². The fourth-order valence-electron chi connectivity index (χ4n) is 3.67. The Morgan fingerprint density at radius 1 is 0.889 bits per heavy atom. The first-order chi connectivity index (χ1) is 13.1. The van der Waals surface area contributed by atoms with Crippen LogP contribution in [0.2, 0.25) is 0 Å². The molecule has 0 atom stereocenters. The van der Waals surface area contributed by atoms with Crippen LogP contribution in [-0.2, 0) is 5.54 Å². The lowest BCUT2D eigenvalue weighted by Crippen LogP contribution is -2.45. The van der Waals surface area contributed by atoms with Crippen LogP contribution in [0, 0.1) is 0 Å². The Balaban J connectivity index is 1.75. The topological polar surface area (TPSA) is 51.8 Å². The quantitative estimate of drug-likeness (QED) is 0.715. The lowest BCUT2D eigenvalue weighted by atomic mass is 9.88. The smallest absolute Gasteiger partial charge is 0.171 e. The maximum absolute atomic E-state index is 5.61. The van der Waals surface area contributed by atoms with Gasteiger partial charge in [-0.2, -0.15) is 0 Å².